The van der Waals surface area contributed by atoms with E-state index in [9.17, 15) is 13.2 Å². The van der Waals surface area contributed by atoms with E-state index in [-0.39, 0.29) is 33.8 Å². The molecule has 0 unspecified atom stereocenters. The van der Waals surface area contributed by atoms with E-state index in [0.29, 0.717) is 5.69 Å². The lowest BCUT2D eigenvalue weighted by Gasteiger charge is -2.44. The fourth-order valence-electron chi connectivity index (χ4n) is 11.7. The number of nitrogens with zero attached hydrogens (tertiary/aromatic N) is 3. The van der Waals surface area contributed by atoms with E-state index in [2.05, 4.69) is 196 Å². The van der Waals surface area contributed by atoms with Crippen molar-refractivity contribution in [1.29, 1.82) is 0 Å². The molecule has 11 rings (SSSR count). The number of benzene rings is 7. The molecular formula is C65H67BF3N3O. The molecule has 3 heterocycles. The number of anilines is 9. The molecule has 8 aromatic rings. The Morgan fingerprint density at radius 3 is 1.51 bits per heavy atom. The fourth-order valence-corrected chi connectivity index (χ4v) is 11.7. The molecule has 0 radical (unpaired) electrons. The second-order valence-corrected chi connectivity index (χ2v) is 25.3. The smallest absolute Gasteiger partial charge is 0.416 e. The third-order valence-electron chi connectivity index (χ3n) is 16.2. The van der Waals surface area contributed by atoms with Crippen LogP contribution in [0.25, 0.3) is 11.0 Å². The highest BCUT2D eigenvalue weighted by Gasteiger charge is 2.49. The standard InChI is InChI=1S/C65H67BF3N3O/c1-60(2,3)40-19-26-46(27-20-40)71-53-32-25-43(62(7,8)9)35-52(53)66-57-54(71)36-48(70(44-17-15-14-16-18-44)45-30-23-42(24-31-45)65(67,68)69)37-55(57)72(47-28-21-41(22-29-47)61(4,5)6)58-49-38-50-51(39-56(49)73-59(58)66)64(12,13)34-33-63(50,10)11/h14-32,35-39H,33-34H2,1-13H3. The zero-order valence-electron chi connectivity index (χ0n) is 44.7. The Hall–Kier alpha value is -6.67. The van der Waals surface area contributed by atoms with E-state index < -0.39 is 11.7 Å². The first kappa shape index (κ1) is 48.6. The van der Waals surface area contributed by atoms with Crippen LogP contribution in [-0.2, 0) is 33.3 Å². The van der Waals surface area contributed by atoms with Crippen LogP contribution >= 0.6 is 0 Å². The maximum atomic E-state index is 14.2. The molecule has 73 heavy (non-hydrogen) atoms. The van der Waals surface area contributed by atoms with Crippen molar-refractivity contribution in [2.75, 3.05) is 14.7 Å². The van der Waals surface area contributed by atoms with Crippen molar-refractivity contribution in [3.05, 3.63) is 179 Å². The van der Waals surface area contributed by atoms with Crippen molar-refractivity contribution in [3.8, 4) is 0 Å². The average molecular weight is 974 g/mol. The van der Waals surface area contributed by atoms with E-state index in [1.165, 1.54) is 39.9 Å². The average Bonchev–Trinajstić information content (AvgIpc) is 3.70. The molecule has 0 saturated heterocycles. The minimum Gasteiger partial charge on any atom is -0.468 e. The molecule has 0 fully saturated rings. The van der Waals surface area contributed by atoms with Gasteiger partial charge >= 0.3 is 6.18 Å². The molecular weight excluding hydrogens is 907 g/mol. The van der Waals surface area contributed by atoms with Crippen molar-refractivity contribution in [3.63, 3.8) is 0 Å². The van der Waals surface area contributed by atoms with Crippen LogP contribution < -0.4 is 31.3 Å². The molecule has 0 bridgehead atoms. The monoisotopic (exact) mass is 974 g/mol. The first-order chi connectivity index (χ1) is 34.2. The second kappa shape index (κ2) is 16.4. The Kier molecular flexibility index (Phi) is 10.9. The van der Waals surface area contributed by atoms with Gasteiger partial charge < -0.3 is 19.1 Å². The second-order valence-electron chi connectivity index (χ2n) is 25.3. The largest absolute Gasteiger partial charge is 0.468 e. The summed E-state index contributed by atoms with van der Waals surface area (Å²) in [5, 5.41) is 1.06. The summed E-state index contributed by atoms with van der Waals surface area (Å²) < 4.78 is 50.3. The first-order valence-electron chi connectivity index (χ1n) is 26.0. The number of para-hydroxylation sites is 1. The summed E-state index contributed by atoms with van der Waals surface area (Å²) in [6, 6.07) is 49.7. The van der Waals surface area contributed by atoms with Crippen LogP contribution in [0.5, 0.6) is 0 Å². The maximum Gasteiger partial charge on any atom is 0.416 e. The summed E-state index contributed by atoms with van der Waals surface area (Å²) in [5.74, 6) is 0. The van der Waals surface area contributed by atoms with Crippen LogP contribution in [0.2, 0.25) is 0 Å². The maximum absolute atomic E-state index is 14.2. The Balaban J connectivity index is 1.29. The first-order valence-corrected chi connectivity index (χ1v) is 26.0. The molecule has 8 heteroatoms. The topological polar surface area (TPSA) is 22.9 Å². The van der Waals surface area contributed by atoms with Gasteiger partial charge in [-0.2, -0.15) is 13.2 Å². The van der Waals surface area contributed by atoms with Gasteiger partial charge in [0.2, 0.25) is 0 Å². The van der Waals surface area contributed by atoms with Crippen LogP contribution in [0.1, 0.15) is 136 Å². The van der Waals surface area contributed by atoms with Crippen molar-refractivity contribution >= 4 is 85.5 Å². The lowest BCUT2D eigenvalue weighted by Crippen LogP contribution is -2.61. The van der Waals surface area contributed by atoms with Gasteiger partial charge in [0.05, 0.1) is 22.6 Å². The summed E-state index contributed by atoms with van der Waals surface area (Å²) in [4.78, 5) is 6.92. The molecule has 372 valence electrons. The number of furan rings is 1. The molecule has 1 aromatic heterocycles. The predicted molar refractivity (Wildman–Crippen MR) is 301 cm³/mol. The molecule has 2 aliphatic heterocycles. The van der Waals surface area contributed by atoms with E-state index in [1.54, 1.807) is 12.1 Å². The summed E-state index contributed by atoms with van der Waals surface area (Å²) >= 11 is 0. The van der Waals surface area contributed by atoms with Crippen LogP contribution in [-0.4, -0.2) is 6.71 Å². The van der Waals surface area contributed by atoms with Gasteiger partial charge in [-0.15, -0.1) is 0 Å². The Bertz CT molecular complexity index is 3440. The summed E-state index contributed by atoms with van der Waals surface area (Å²) in [6.07, 6.45) is -2.33. The normalized spacial score (nSPS) is 16.0. The number of hydrogen-bond donors (Lipinski definition) is 0. The van der Waals surface area contributed by atoms with Crippen molar-refractivity contribution < 1.29 is 17.6 Å². The number of alkyl halides is 3. The van der Waals surface area contributed by atoms with Gasteiger partial charge in [-0.3, -0.25) is 0 Å². The zero-order valence-corrected chi connectivity index (χ0v) is 44.7. The summed E-state index contributed by atoms with van der Waals surface area (Å²) in [6.45, 7) is 29.4. The van der Waals surface area contributed by atoms with Gasteiger partial charge in [0.25, 0.3) is 6.71 Å². The lowest BCUT2D eigenvalue weighted by atomic mass is 9.35. The number of rotatable bonds is 5. The molecule has 0 spiro atoms. The predicted octanol–water partition coefficient (Wildman–Crippen LogP) is 17.2. The van der Waals surface area contributed by atoms with Gasteiger partial charge in [0.1, 0.15) is 5.58 Å². The van der Waals surface area contributed by atoms with Crippen LogP contribution in [0.15, 0.2) is 150 Å². The quantitative estimate of drug-likeness (QED) is 0.160. The minimum absolute atomic E-state index is 0.0405. The zero-order chi connectivity index (χ0) is 51.9. The van der Waals surface area contributed by atoms with E-state index >= 15 is 0 Å². The number of fused-ring (bicyclic) bond motifs is 7. The number of halogens is 3. The number of hydrogen-bond acceptors (Lipinski definition) is 4. The van der Waals surface area contributed by atoms with Gasteiger partial charge in [-0.1, -0.05) is 145 Å². The van der Waals surface area contributed by atoms with E-state index in [1.807, 2.05) is 30.3 Å². The molecule has 0 N–H and O–H groups in total. The fraction of sp³-hybridized carbons (Fsp3) is 0.323. The van der Waals surface area contributed by atoms with E-state index in [4.69, 9.17) is 4.42 Å². The van der Waals surface area contributed by atoms with Crippen LogP contribution in [0.4, 0.5) is 64.4 Å². The van der Waals surface area contributed by atoms with Crippen LogP contribution in [0, 0.1) is 0 Å². The third-order valence-corrected chi connectivity index (χ3v) is 16.2. The Morgan fingerprint density at radius 1 is 0.493 bits per heavy atom. The molecule has 3 aliphatic rings. The lowest BCUT2D eigenvalue weighted by molar-refractivity contribution is -0.137. The van der Waals surface area contributed by atoms with Crippen molar-refractivity contribution in [2.24, 2.45) is 0 Å². The Morgan fingerprint density at radius 2 is 0.973 bits per heavy atom. The Labute approximate surface area is 430 Å². The van der Waals surface area contributed by atoms with E-state index in [0.717, 1.165) is 85.9 Å². The van der Waals surface area contributed by atoms with Crippen LogP contribution in [0.3, 0.4) is 0 Å². The highest BCUT2D eigenvalue weighted by molar-refractivity contribution is 7.00. The van der Waals surface area contributed by atoms with Crippen molar-refractivity contribution in [2.45, 2.75) is 136 Å². The molecule has 1 aliphatic carbocycles. The van der Waals surface area contributed by atoms with Gasteiger partial charge in [-0.25, -0.2) is 0 Å². The van der Waals surface area contributed by atoms with Crippen molar-refractivity contribution in [1.82, 2.24) is 0 Å². The van der Waals surface area contributed by atoms with Gasteiger partial charge in [-0.05, 0) is 170 Å². The molecule has 0 amide bonds. The molecule has 0 atom stereocenters. The molecule has 7 aromatic carbocycles. The third kappa shape index (κ3) is 8.15. The summed E-state index contributed by atoms with van der Waals surface area (Å²) in [5.41, 5.74) is 17.5. The highest BCUT2D eigenvalue weighted by atomic mass is 19.4. The molecule has 0 saturated carbocycles. The minimum atomic E-state index is -4.48. The van der Waals surface area contributed by atoms with Gasteiger partial charge in [0, 0.05) is 45.2 Å². The highest BCUT2D eigenvalue weighted by Crippen LogP contribution is 2.53. The van der Waals surface area contributed by atoms with Gasteiger partial charge in [0.15, 0.2) is 0 Å². The SMILES string of the molecule is CC(C)(C)c1ccc(N2c3ccc(C(C)(C)C)cc3B3c4oc5cc6c(cc5c4N(c4ccc(C(C)(C)C)cc4)c4cc(N(c5ccccc5)c5ccc(C(F)(F)F)cc5)cc2c43)C(C)(C)CCC6(C)C)cc1. The molecule has 4 nitrogen and oxygen atoms in total. The summed E-state index contributed by atoms with van der Waals surface area (Å²) in [7, 11) is 0.